The van der Waals surface area contributed by atoms with E-state index in [-0.39, 0.29) is 16.3 Å². The topological polar surface area (TPSA) is 111 Å². The monoisotopic (exact) mass is 548 g/mol. The molecule has 0 fully saturated rings. The number of aryl methyl sites for hydroxylation is 1. The third-order valence-electron chi connectivity index (χ3n) is 5.86. The van der Waals surface area contributed by atoms with Crippen molar-refractivity contribution in [2.45, 2.75) is 6.92 Å². The molecule has 0 aliphatic carbocycles. The summed E-state index contributed by atoms with van der Waals surface area (Å²) < 4.78 is 0. The molecule has 0 spiro atoms. The van der Waals surface area contributed by atoms with Gasteiger partial charge in [0.2, 0.25) is 0 Å². The number of carbonyl (C=O) groups excluding carboxylic acids is 1. The number of hydrogen-bond acceptors (Lipinski definition) is 6. The largest absolute Gasteiger partial charge is 0.397 e. The van der Waals surface area contributed by atoms with Crippen LogP contribution in [0.5, 0.6) is 0 Å². The minimum atomic E-state index is -0.487. The van der Waals surface area contributed by atoms with E-state index in [0.29, 0.717) is 37.2 Å². The maximum atomic E-state index is 13.2. The molecule has 2 heterocycles. The summed E-state index contributed by atoms with van der Waals surface area (Å²) in [6.07, 6.45) is 0. The standard InChI is InChI=1S/C27H18Cl2N4O3S/c1-14-2-11-19(12-22(14)33(35)36)31-26(34)25-24(30)23-20(15-3-7-17(28)8-4-15)13-21(32-27(23)37-25)16-5-9-18(29)10-6-16/h2-13H,30H2,1H3,(H,31,34). The molecule has 0 aliphatic rings. The van der Waals surface area contributed by atoms with Gasteiger partial charge in [-0.25, -0.2) is 4.98 Å². The molecule has 0 unspecified atom stereocenters. The predicted octanol–water partition coefficient (Wildman–Crippen LogP) is 7.99. The molecule has 3 aromatic carbocycles. The average molecular weight is 549 g/mol. The number of nitrogens with one attached hydrogen (secondary N) is 1. The summed E-state index contributed by atoms with van der Waals surface area (Å²) in [5, 5.41) is 15.9. The normalized spacial score (nSPS) is 11.0. The number of fused-ring (bicyclic) bond motifs is 1. The average Bonchev–Trinajstić information content (AvgIpc) is 3.22. The molecule has 0 saturated heterocycles. The second-order valence-corrected chi connectivity index (χ2v) is 10.2. The lowest BCUT2D eigenvalue weighted by molar-refractivity contribution is -0.385. The number of pyridine rings is 1. The first-order valence-corrected chi connectivity index (χ1v) is 12.6. The molecule has 0 radical (unpaired) electrons. The van der Waals surface area contributed by atoms with E-state index in [4.69, 9.17) is 33.9 Å². The van der Waals surface area contributed by atoms with Gasteiger partial charge in [0.15, 0.2) is 0 Å². The number of aromatic nitrogens is 1. The molecule has 2 aromatic heterocycles. The number of hydrogen-bond donors (Lipinski definition) is 2. The zero-order valence-electron chi connectivity index (χ0n) is 19.3. The highest BCUT2D eigenvalue weighted by Crippen LogP contribution is 2.42. The van der Waals surface area contributed by atoms with Gasteiger partial charge in [-0.1, -0.05) is 53.5 Å². The molecule has 37 heavy (non-hydrogen) atoms. The van der Waals surface area contributed by atoms with Crippen LogP contribution < -0.4 is 11.1 Å². The summed E-state index contributed by atoms with van der Waals surface area (Å²) in [5.41, 5.74) is 10.7. The molecular weight excluding hydrogens is 531 g/mol. The molecule has 184 valence electrons. The first-order valence-electron chi connectivity index (χ1n) is 11.0. The van der Waals surface area contributed by atoms with Crippen molar-refractivity contribution in [1.82, 2.24) is 4.98 Å². The number of carbonyl (C=O) groups is 1. The Morgan fingerprint density at radius 3 is 2.22 bits per heavy atom. The van der Waals surface area contributed by atoms with Gasteiger partial charge in [0, 0.05) is 38.3 Å². The smallest absolute Gasteiger partial charge is 0.274 e. The van der Waals surface area contributed by atoms with Crippen molar-refractivity contribution in [1.29, 1.82) is 0 Å². The van der Waals surface area contributed by atoms with Crippen LogP contribution in [0.3, 0.4) is 0 Å². The Balaban J connectivity index is 1.63. The molecule has 0 aliphatic heterocycles. The van der Waals surface area contributed by atoms with Gasteiger partial charge < -0.3 is 11.1 Å². The molecule has 5 aromatic rings. The SMILES string of the molecule is Cc1ccc(NC(=O)c2sc3nc(-c4ccc(Cl)cc4)cc(-c4ccc(Cl)cc4)c3c2N)cc1[N+](=O)[O-]. The van der Waals surface area contributed by atoms with E-state index in [0.717, 1.165) is 28.0 Å². The minimum Gasteiger partial charge on any atom is -0.397 e. The minimum absolute atomic E-state index is 0.0820. The summed E-state index contributed by atoms with van der Waals surface area (Å²) in [6, 6.07) is 21.1. The van der Waals surface area contributed by atoms with E-state index in [1.54, 1.807) is 43.3 Å². The third kappa shape index (κ3) is 4.86. The van der Waals surface area contributed by atoms with Gasteiger partial charge in [0.05, 0.1) is 16.3 Å². The molecule has 5 rings (SSSR count). The van der Waals surface area contributed by atoms with Crippen molar-refractivity contribution >= 4 is 67.7 Å². The highest BCUT2D eigenvalue weighted by Gasteiger charge is 2.22. The van der Waals surface area contributed by atoms with Crippen LogP contribution in [0.1, 0.15) is 15.2 Å². The fourth-order valence-electron chi connectivity index (χ4n) is 3.99. The number of thiophene rings is 1. The van der Waals surface area contributed by atoms with Crippen LogP contribution in [0.2, 0.25) is 10.0 Å². The van der Waals surface area contributed by atoms with Gasteiger partial charge in [0.1, 0.15) is 9.71 Å². The Labute approximate surface area is 225 Å². The number of nitrogens with zero attached hydrogens (tertiary/aromatic N) is 2. The van der Waals surface area contributed by atoms with Crippen LogP contribution in [-0.4, -0.2) is 15.8 Å². The van der Waals surface area contributed by atoms with Gasteiger partial charge in [-0.05, 0) is 54.4 Å². The van der Waals surface area contributed by atoms with Crippen LogP contribution in [0, 0.1) is 17.0 Å². The fraction of sp³-hybridized carbons (Fsp3) is 0.0370. The van der Waals surface area contributed by atoms with Crippen LogP contribution in [0.4, 0.5) is 17.1 Å². The Hall–Kier alpha value is -3.98. The molecule has 0 atom stereocenters. The molecule has 0 bridgehead atoms. The second kappa shape index (κ2) is 9.82. The van der Waals surface area contributed by atoms with Crippen molar-refractivity contribution in [3.8, 4) is 22.4 Å². The van der Waals surface area contributed by atoms with Crippen molar-refractivity contribution in [3.05, 3.63) is 103 Å². The molecule has 7 nitrogen and oxygen atoms in total. The van der Waals surface area contributed by atoms with Gasteiger partial charge in [-0.2, -0.15) is 0 Å². The van der Waals surface area contributed by atoms with E-state index in [1.807, 2.05) is 30.3 Å². The first-order chi connectivity index (χ1) is 17.7. The lowest BCUT2D eigenvalue weighted by atomic mass is 9.99. The Morgan fingerprint density at radius 2 is 1.59 bits per heavy atom. The summed E-state index contributed by atoms with van der Waals surface area (Å²) in [4.78, 5) is 29.7. The number of amides is 1. The van der Waals surface area contributed by atoms with Crippen LogP contribution in [-0.2, 0) is 0 Å². The number of anilines is 2. The maximum absolute atomic E-state index is 13.2. The lowest BCUT2D eigenvalue weighted by Crippen LogP contribution is -2.12. The van der Waals surface area contributed by atoms with Crippen molar-refractivity contribution < 1.29 is 9.72 Å². The van der Waals surface area contributed by atoms with Crippen LogP contribution in [0.15, 0.2) is 72.8 Å². The van der Waals surface area contributed by atoms with Crippen LogP contribution in [0.25, 0.3) is 32.6 Å². The van der Waals surface area contributed by atoms with E-state index in [9.17, 15) is 14.9 Å². The highest BCUT2D eigenvalue weighted by atomic mass is 35.5. The summed E-state index contributed by atoms with van der Waals surface area (Å²) in [6.45, 7) is 1.63. The van der Waals surface area contributed by atoms with Gasteiger partial charge >= 0.3 is 0 Å². The molecule has 0 saturated carbocycles. The number of benzene rings is 3. The first kappa shape index (κ1) is 24.7. The zero-order valence-corrected chi connectivity index (χ0v) is 21.6. The van der Waals surface area contributed by atoms with Crippen molar-refractivity contribution in [3.63, 3.8) is 0 Å². The lowest BCUT2D eigenvalue weighted by Gasteiger charge is -2.09. The Kier molecular flexibility index (Phi) is 6.55. The summed E-state index contributed by atoms with van der Waals surface area (Å²) in [5.74, 6) is -0.478. The van der Waals surface area contributed by atoms with Crippen molar-refractivity contribution in [2.75, 3.05) is 11.1 Å². The number of rotatable bonds is 5. The van der Waals surface area contributed by atoms with E-state index in [2.05, 4.69) is 5.32 Å². The fourth-order valence-corrected chi connectivity index (χ4v) is 5.25. The third-order valence-corrected chi connectivity index (χ3v) is 7.47. The van der Waals surface area contributed by atoms with Gasteiger partial charge in [-0.15, -0.1) is 11.3 Å². The van der Waals surface area contributed by atoms with Crippen LogP contribution >= 0.6 is 34.5 Å². The second-order valence-electron chi connectivity index (χ2n) is 8.31. The van der Waals surface area contributed by atoms with E-state index >= 15 is 0 Å². The summed E-state index contributed by atoms with van der Waals surface area (Å²) in [7, 11) is 0. The Bertz CT molecular complexity index is 1680. The molecule has 1 amide bonds. The van der Waals surface area contributed by atoms with Crippen molar-refractivity contribution in [2.24, 2.45) is 0 Å². The zero-order chi connectivity index (χ0) is 26.3. The quantitative estimate of drug-likeness (QED) is 0.171. The highest BCUT2D eigenvalue weighted by molar-refractivity contribution is 7.21. The van der Waals surface area contributed by atoms with E-state index in [1.165, 1.54) is 6.07 Å². The summed E-state index contributed by atoms with van der Waals surface area (Å²) >= 11 is 13.3. The number of nitro benzene ring substituents is 1. The Morgan fingerprint density at radius 1 is 0.973 bits per heavy atom. The van der Waals surface area contributed by atoms with Gasteiger partial charge in [-0.3, -0.25) is 14.9 Å². The molecule has 3 N–H and O–H groups in total. The number of halogens is 2. The van der Waals surface area contributed by atoms with E-state index < -0.39 is 10.8 Å². The predicted molar refractivity (Wildman–Crippen MR) is 151 cm³/mol. The molecular formula is C27H18Cl2N4O3S. The number of nitro groups is 1. The van der Waals surface area contributed by atoms with Gasteiger partial charge in [0.25, 0.3) is 11.6 Å². The number of nitrogens with two attached hydrogens (primary N) is 1. The molecule has 10 heteroatoms. The maximum Gasteiger partial charge on any atom is 0.274 e. The number of nitrogen functional groups attached to an aromatic ring is 1.